The Labute approximate surface area is 142 Å². The number of cyclic esters (lactones) is 1. The molecule has 1 saturated heterocycles. The number of carbonyl (C=O) groups excluding carboxylic acids is 1. The van der Waals surface area contributed by atoms with Crippen LogP contribution in [0.2, 0.25) is 0 Å². The highest BCUT2D eigenvalue weighted by Gasteiger charge is 2.36. The van der Waals surface area contributed by atoms with E-state index < -0.39 is 0 Å². The van der Waals surface area contributed by atoms with Crippen molar-refractivity contribution in [2.45, 2.75) is 38.5 Å². The molecule has 2 aromatic rings. The van der Waals surface area contributed by atoms with Gasteiger partial charge in [0.15, 0.2) is 0 Å². The smallest absolute Gasteiger partial charge is 0.323 e. The van der Waals surface area contributed by atoms with Gasteiger partial charge in [0.05, 0.1) is 7.11 Å². The first-order valence-corrected chi connectivity index (χ1v) is 8.24. The fraction of sp³-hybridized carbons (Fsp3) is 0.350. The van der Waals surface area contributed by atoms with Crippen molar-refractivity contribution < 1.29 is 14.3 Å². The van der Waals surface area contributed by atoms with Crippen molar-refractivity contribution in [2.24, 2.45) is 0 Å². The van der Waals surface area contributed by atoms with E-state index in [-0.39, 0.29) is 24.2 Å². The minimum atomic E-state index is -0.285. The summed E-state index contributed by atoms with van der Waals surface area (Å²) in [5.41, 5.74) is 3.22. The first-order chi connectivity index (χ1) is 11.6. The summed E-state index contributed by atoms with van der Waals surface area (Å²) in [7, 11) is 1.66. The lowest BCUT2D eigenvalue weighted by Crippen LogP contribution is -2.35. The first kappa shape index (κ1) is 16.5. The molecule has 1 fully saturated rings. The highest BCUT2D eigenvalue weighted by Crippen LogP contribution is 2.33. The van der Waals surface area contributed by atoms with Crippen LogP contribution in [-0.4, -0.2) is 19.1 Å². The van der Waals surface area contributed by atoms with Crippen LogP contribution in [0.1, 0.15) is 42.2 Å². The van der Waals surface area contributed by atoms with Gasteiger partial charge in [-0.2, -0.15) is 0 Å². The molecule has 0 aliphatic carbocycles. The number of methoxy groups -OCH3 is 1. The van der Waals surface area contributed by atoms with Crippen LogP contribution in [-0.2, 0) is 9.53 Å². The molecule has 1 aliphatic heterocycles. The molecule has 1 aliphatic rings. The molecule has 24 heavy (non-hydrogen) atoms. The van der Waals surface area contributed by atoms with Gasteiger partial charge in [-0.25, -0.2) is 0 Å². The van der Waals surface area contributed by atoms with Crippen molar-refractivity contribution in [1.82, 2.24) is 5.32 Å². The number of benzene rings is 2. The molecule has 3 rings (SSSR count). The highest BCUT2D eigenvalue weighted by atomic mass is 16.6. The van der Waals surface area contributed by atoms with E-state index in [4.69, 9.17) is 9.47 Å². The SMILES string of the molecule is COc1ccc([C@H]2C[C@@H](N[C@H](C)c3ccccc3)C(=O)O2)cc1C. The predicted molar refractivity (Wildman–Crippen MR) is 93.0 cm³/mol. The van der Waals surface area contributed by atoms with Crippen LogP contribution >= 0.6 is 0 Å². The Balaban J connectivity index is 1.68. The average molecular weight is 325 g/mol. The Morgan fingerprint density at radius 1 is 1.21 bits per heavy atom. The third-order valence-corrected chi connectivity index (χ3v) is 4.53. The summed E-state index contributed by atoms with van der Waals surface area (Å²) < 4.78 is 10.9. The number of hydrogen-bond donors (Lipinski definition) is 1. The highest BCUT2D eigenvalue weighted by molar-refractivity contribution is 5.78. The van der Waals surface area contributed by atoms with Crippen LogP contribution < -0.4 is 10.1 Å². The van der Waals surface area contributed by atoms with Gasteiger partial charge in [-0.1, -0.05) is 36.4 Å². The number of aryl methyl sites for hydroxylation is 1. The normalized spacial score (nSPS) is 21.4. The molecule has 0 saturated carbocycles. The van der Waals surface area contributed by atoms with E-state index in [0.29, 0.717) is 6.42 Å². The molecule has 0 radical (unpaired) electrons. The number of rotatable bonds is 5. The fourth-order valence-corrected chi connectivity index (χ4v) is 3.16. The predicted octanol–water partition coefficient (Wildman–Crippen LogP) is 3.71. The maximum absolute atomic E-state index is 12.2. The Kier molecular flexibility index (Phi) is 4.86. The molecule has 1 heterocycles. The molecule has 0 aromatic heterocycles. The summed E-state index contributed by atoms with van der Waals surface area (Å²) in [4.78, 5) is 12.2. The molecule has 0 amide bonds. The molecule has 126 valence electrons. The topological polar surface area (TPSA) is 47.6 Å². The van der Waals surface area contributed by atoms with E-state index in [1.165, 1.54) is 0 Å². The molecular weight excluding hydrogens is 302 g/mol. The molecule has 4 heteroatoms. The van der Waals surface area contributed by atoms with Gasteiger partial charge < -0.3 is 9.47 Å². The Morgan fingerprint density at radius 3 is 2.62 bits per heavy atom. The Bertz CT molecular complexity index is 714. The largest absolute Gasteiger partial charge is 0.496 e. The average Bonchev–Trinajstić information content (AvgIpc) is 2.96. The first-order valence-electron chi connectivity index (χ1n) is 8.24. The lowest BCUT2D eigenvalue weighted by atomic mass is 10.0. The van der Waals surface area contributed by atoms with Gasteiger partial charge in [0.2, 0.25) is 0 Å². The second-order valence-electron chi connectivity index (χ2n) is 6.24. The number of ether oxygens (including phenoxy) is 2. The van der Waals surface area contributed by atoms with Crippen LogP contribution in [0.3, 0.4) is 0 Å². The molecule has 4 nitrogen and oxygen atoms in total. The summed E-state index contributed by atoms with van der Waals surface area (Å²) in [5, 5.41) is 3.38. The number of esters is 1. The van der Waals surface area contributed by atoms with E-state index in [1.807, 2.05) is 43.3 Å². The molecule has 3 atom stereocenters. The maximum atomic E-state index is 12.2. The molecule has 2 aromatic carbocycles. The third kappa shape index (κ3) is 3.44. The monoisotopic (exact) mass is 325 g/mol. The zero-order valence-electron chi connectivity index (χ0n) is 14.3. The van der Waals surface area contributed by atoms with Crippen LogP contribution in [0, 0.1) is 6.92 Å². The van der Waals surface area contributed by atoms with Crippen LogP contribution in [0.15, 0.2) is 48.5 Å². The van der Waals surface area contributed by atoms with Crippen molar-refractivity contribution in [3.05, 3.63) is 65.2 Å². The van der Waals surface area contributed by atoms with Crippen molar-refractivity contribution in [3.8, 4) is 5.75 Å². The van der Waals surface area contributed by atoms with Crippen molar-refractivity contribution >= 4 is 5.97 Å². The number of nitrogens with one attached hydrogen (secondary N) is 1. The van der Waals surface area contributed by atoms with E-state index in [2.05, 4.69) is 24.4 Å². The number of hydrogen-bond acceptors (Lipinski definition) is 4. The van der Waals surface area contributed by atoms with Gasteiger partial charge in [0.1, 0.15) is 17.9 Å². The molecule has 1 N–H and O–H groups in total. The second-order valence-corrected chi connectivity index (χ2v) is 6.24. The summed E-state index contributed by atoms with van der Waals surface area (Å²) in [5.74, 6) is 0.659. The zero-order valence-corrected chi connectivity index (χ0v) is 14.3. The quantitative estimate of drug-likeness (QED) is 0.851. The van der Waals surface area contributed by atoms with Gasteiger partial charge >= 0.3 is 5.97 Å². The Hall–Kier alpha value is -2.33. The van der Waals surface area contributed by atoms with Gasteiger partial charge in [-0.15, -0.1) is 0 Å². The van der Waals surface area contributed by atoms with E-state index in [0.717, 1.165) is 22.4 Å². The summed E-state index contributed by atoms with van der Waals surface area (Å²) in [6.45, 7) is 4.06. The van der Waals surface area contributed by atoms with Crippen molar-refractivity contribution in [2.75, 3.05) is 7.11 Å². The van der Waals surface area contributed by atoms with E-state index in [9.17, 15) is 4.79 Å². The lowest BCUT2D eigenvalue weighted by Gasteiger charge is -2.17. The maximum Gasteiger partial charge on any atom is 0.323 e. The molecule has 0 unspecified atom stereocenters. The molecule has 0 spiro atoms. The van der Waals surface area contributed by atoms with Gasteiger partial charge in [-0.05, 0) is 42.7 Å². The Morgan fingerprint density at radius 2 is 1.96 bits per heavy atom. The molecule has 0 bridgehead atoms. The standard InChI is InChI=1S/C20H23NO3/c1-13-11-16(9-10-18(13)23-3)19-12-17(20(22)24-19)21-14(2)15-7-5-4-6-8-15/h4-11,14,17,19,21H,12H2,1-3H3/t14-,17-,19-/m1/s1. The van der Waals surface area contributed by atoms with E-state index in [1.54, 1.807) is 7.11 Å². The minimum Gasteiger partial charge on any atom is -0.496 e. The lowest BCUT2D eigenvalue weighted by molar-refractivity contribution is -0.143. The van der Waals surface area contributed by atoms with Crippen molar-refractivity contribution in [3.63, 3.8) is 0 Å². The second kappa shape index (κ2) is 7.05. The van der Waals surface area contributed by atoms with E-state index >= 15 is 0 Å². The summed E-state index contributed by atoms with van der Waals surface area (Å²) in [6.07, 6.45) is 0.435. The van der Waals surface area contributed by atoms with Crippen molar-refractivity contribution in [1.29, 1.82) is 0 Å². The fourth-order valence-electron chi connectivity index (χ4n) is 3.16. The van der Waals surface area contributed by atoms with Crippen LogP contribution in [0.25, 0.3) is 0 Å². The molecular formula is C20H23NO3. The zero-order chi connectivity index (χ0) is 17.1. The van der Waals surface area contributed by atoms with Gasteiger partial charge in [0.25, 0.3) is 0 Å². The van der Waals surface area contributed by atoms with Gasteiger partial charge in [-0.3, -0.25) is 10.1 Å². The summed E-state index contributed by atoms with van der Waals surface area (Å²) >= 11 is 0. The van der Waals surface area contributed by atoms with Crippen LogP contribution in [0.5, 0.6) is 5.75 Å². The third-order valence-electron chi connectivity index (χ3n) is 4.53. The summed E-state index contributed by atoms with van der Waals surface area (Å²) in [6, 6.07) is 15.8. The number of carbonyl (C=O) groups is 1. The van der Waals surface area contributed by atoms with Gasteiger partial charge in [0, 0.05) is 12.5 Å². The van der Waals surface area contributed by atoms with Crippen LogP contribution in [0.4, 0.5) is 0 Å². The minimum absolute atomic E-state index is 0.0973.